The lowest BCUT2D eigenvalue weighted by molar-refractivity contribution is -0.380. The van der Waals surface area contributed by atoms with Crippen LogP contribution in [0.3, 0.4) is 0 Å². The van der Waals surface area contributed by atoms with Crippen LogP contribution in [0.2, 0.25) is 0 Å². The van der Waals surface area contributed by atoms with Gasteiger partial charge in [-0.25, -0.2) is 0 Å². The lowest BCUT2D eigenvalue weighted by Crippen LogP contribution is -2.48. The summed E-state index contributed by atoms with van der Waals surface area (Å²) in [4.78, 5) is 11.2. The van der Waals surface area contributed by atoms with E-state index in [0.29, 0.717) is 13.1 Å². The van der Waals surface area contributed by atoms with E-state index >= 15 is 0 Å². The Labute approximate surface area is 135 Å². The van der Waals surface area contributed by atoms with Gasteiger partial charge in [-0.15, -0.1) is 24.8 Å². The van der Waals surface area contributed by atoms with Gasteiger partial charge in [-0.3, -0.25) is 15.0 Å². The molecular formula is C10H14Cl2F3N3O2S. The number of thiophene rings is 1. The van der Waals surface area contributed by atoms with E-state index in [2.05, 4.69) is 5.32 Å². The quantitative estimate of drug-likeness (QED) is 0.658. The van der Waals surface area contributed by atoms with Crippen molar-refractivity contribution in [2.75, 3.05) is 26.2 Å². The molecule has 1 saturated heterocycles. The molecule has 0 amide bonds. The molecule has 5 nitrogen and oxygen atoms in total. The van der Waals surface area contributed by atoms with Crippen LogP contribution in [0, 0.1) is 10.1 Å². The van der Waals surface area contributed by atoms with Crippen LogP contribution in [0.4, 0.5) is 18.2 Å². The molecule has 2 heterocycles. The second-order valence-electron chi connectivity index (χ2n) is 4.21. The number of rotatable bonds is 3. The normalized spacial score (nSPS) is 17.5. The molecule has 1 aromatic rings. The Morgan fingerprint density at radius 1 is 1.33 bits per heavy atom. The van der Waals surface area contributed by atoms with Crippen LogP contribution in [0.15, 0.2) is 11.4 Å². The summed E-state index contributed by atoms with van der Waals surface area (Å²) in [6, 6.07) is -0.746. The first-order valence-corrected chi connectivity index (χ1v) is 6.52. The van der Waals surface area contributed by atoms with Crippen molar-refractivity contribution in [2.45, 2.75) is 12.2 Å². The Bertz CT molecular complexity index is 467. The van der Waals surface area contributed by atoms with Gasteiger partial charge in [-0.05, 0) is 5.56 Å². The number of nitrogens with one attached hydrogen (secondary N) is 1. The topological polar surface area (TPSA) is 58.4 Å². The molecule has 21 heavy (non-hydrogen) atoms. The summed E-state index contributed by atoms with van der Waals surface area (Å²) in [5, 5.41) is 14.5. The molecule has 0 saturated carbocycles. The van der Waals surface area contributed by atoms with Crippen LogP contribution in [0.25, 0.3) is 0 Å². The summed E-state index contributed by atoms with van der Waals surface area (Å²) in [6.07, 6.45) is -4.44. The number of nitro groups is 1. The standard InChI is InChI=1S/C10H12F3N3O2S.2ClH/c11-10(12,13)9(15-3-1-14-2-4-15)7-5-8(16(17)18)19-6-7;;/h5-6,9,14H,1-4H2;2*1H/t9-;;/m0../s1. The number of halogens is 5. The second kappa shape index (κ2) is 8.14. The molecule has 1 aromatic heterocycles. The molecule has 0 spiro atoms. The van der Waals surface area contributed by atoms with Crippen molar-refractivity contribution in [3.05, 3.63) is 27.1 Å². The highest BCUT2D eigenvalue weighted by molar-refractivity contribution is 7.13. The molecule has 1 N–H and O–H groups in total. The minimum Gasteiger partial charge on any atom is -0.314 e. The fourth-order valence-electron chi connectivity index (χ4n) is 2.13. The van der Waals surface area contributed by atoms with Crippen molar-refractivity contribution >= 4 is 41.2 Å². The number of nitrogens with zero attached hydrogens (tertiary/aromatic N) is 2. The molecule has 0 bridgehead atoms. The van der Waals surface area contributed by atoms with Gasteiger partial charge in [-0.1, -0.05) is 11.3 Å². The van der Waals surface area contributed by atoms with Crippen LogP contribution in [-0.4, -0.2) is 42.2 Å². The predicted octanol–water partition coefficient (Wildman–Crippen LogP) is 3.01. The first-order valence-electron chi connectivity index (χ1n) is 5.64. The van der Waals surface area contributed by atoms with Gasteiger partial charge in [0.1, 0.15) is 6.04 Å². The molecule has 11 heteroatoms. The molecule has 0 aromatic carbocycles. The molecule has 1 aliphatic heterocycles. The van der Waals surface area contributed by atoms with E-state index in [-0.39, 0.29) is 48.5 Å². The van der Waals surface area contributed by atoms with Crippen molar-refractivity contribution in [3.63, 3.8) is 0 Å². The third-order valence-corrected chi connectivity index (χ3v) is 3.83. The minimum absolute atomic E-state index is 0. The zero-order valence-electron chi connectivity index (χ0n) is 10.6. The molecule has 122 valence electrons. The fraction of sp³-hybridized carbons (Fsp3) is 0.600. The van der Waals surface area contributed by atoms with Gasteiger partial charge in [0.15, 0.2) is 0 Å². The third kappa shape index (κ3) is 4.96. The van der Waals surface area contributed by atoms with Crippen LogP contribution < -0.4 is 5.32 Å². The maximum Gasteiger partial charge on any atom is 0.408 e. The molecule has 0 aliphatic carbocycles. The van der Waals surface area contributed by atoms with Crippen LogP contribution in [0.5, 0.6) is 0 Å². The van der Waals surface area contributed by atoms with Crippen molar-refractivity contribution in [1.29, 1.82) is 0 Å². The number of hydrogen-bond donors (Lipinski definition) is 1. The maximum absolute atomic E-state index is 13.2. The van der Waals surface area contributed by atoms with E-state index in [1.165, 1.54) is 10.3 Å². The largest absolute Gasteiger partial charge is 0.408 e. The highest BCUT2D eigenvalue weighted by atomic mass is 35.5. The maximum atomic E-state index is 13.2. The SMILES string of the molecule is Cl.Cl.O=[N+]([O-])c1cc([C@H](N2CCNCC2)C(F)(F)F)cs1. The van der Waals surface area contributed by atoms with Gasteiger partial charge in [-0.2, -0.15) is 13.2 Å². The minimum atomic E-state index is -4.44. The predicted molar refractivity (Wildman–Crippen MR) is 78.7 cm³/mol. The number of piperazine rings is 1. The van der Waals surface area contributed by atoms with Crippen molar-refractivity contribution in [1.82, 2.24) is 10.2 Å². The summed E-state index contributed by atoms with van der Waals surface area (Å²) in [6.45, 7) is 1.51. The third-order valence-electron chi connectivity index (χ3n) is 2.93. The second-order valence-corrected chi connectivity index (χ2v) is 5.10. The van der Waals surface area contributed by atoms with Crippen LogP contribution in [0.1, 0.15) is 11.6 Å². The fourth-order valence-corrected chi connectivity index (χ4v) is 2.87. The summed E-state index contributed by atoms with van der Waals surface area (Å²) in [5.41, 5.74) is -0.0499. The lowest BCUT2D eigenvalue weighted by Gasteiger charge is -2.35. The molecule has 1 atom stereocenters. The summed E-state index contributed by atoms with van der Waals surface area (Å²) in [7, 11) is 0. The average Bonchev–Trinajstić information content (AvgIpc) is 2.78. The number of alkyl halides is 3. The molecular weight excluding hydrogens is 354 g/mol. The van der Waals surface area contributed by atoms with E-state index in [1.54, 1.807) is 0 Å². The van der Waals surface area contributed by atoms with Gasteiger partial charge in [0.25, 0.3) is 0 Å². The molecule has 0 unspecified atom stereocenters. The van der Waals surface area contributed by atoms with E-state index in [4.69, 9.17) is 0 Å². The van der Waals surface area contributed by atoms with Crippen molar-refractivity contribution in [2.24, 2.45) is 0 Å². The summed E-state index contributed by atoms with van der Waals surface area (Å²) < 4.78 is 39.5. The zero-order chi connectivity index (χ0) is 14.0. The van der Waals surface area contributed by atoms with Gasteiger partial charge in [0, 0.05) is 37.6 Å². The van der Waals surface area contributed by atoms with Gasteiger partial charge >= 0.3 is 11.2 Å². The van der Waals surface area contributed by atoms with E-state index < -0.39 is 17.1 Å². The first-order chi connectivity index (χ1) is 8.89. The van der Waals surface area contributed by atoms with Crippen molar-refractivity contribution < 1.29 is 18.1 Å². The van der Waals surface area contributed by atoms with E-state index in [9.17, 15) is 23.3 Å². The molecule has 1 aliphatic rings. The monoisotopic (exact) mass is 367 g/mol. The van der Waals surface area contributed by atoms with Gasteiger partial charge in [0.2, 0.25) is 0 Å². The lowest BCUT2D eigenvalue weighted by atomic mass is 10.1. The highest BCUT2D eigenvalue weighted by Crippen LogP contribution is 2.40. The van der Waals surface area contributed by atoms with E-state index in [1.807, 2.05) is 0 Å². The Kier molecular flexibility index (Phi) is 7.90. The van der Waals surface area contributed by atoms with Crippen LogP contribution in [-0.2, 0) is 0 Å². The van der Waals surface area contributed by atoms with Gasteiger partial charge < -0.3 is 5.32 Å². The Hall–Kier alpha value is -0.610. The Morgan fingerprint density at radius 3 is 2.33 bits per heavy atom. The highest BCUT2D eigenvalue weighted by Gasteiger charge is 2.45. The first kappa shape index (κ1) is 20.4. The molecule has 0 radical (unpaired) electrons. The Morgan fingerprint density at radius 2 is 1.90 bits per heavy atom. The zero-order valence-corrected chi connectivity index (χ0v) is 13.1. The molecule has 2 rings (SSSR count). The van der Waals surface area contributed by atoms with Crippen LogP contribution >= 0.6 is 36.2 Å². The Balaban J connectivity index is 0.00000200. The van der Waals surface area contributed by atoms with Crippen molar-refractivity contribution in [3.8, 4) is 0 Å². The molecule has 1 fully saturated rings. The van der Waals surface area contributed by atoms with E-state index in [0.717, 1.165) is 17.4 Å². The summed E-state index contributed by atoms with van der Waals surface area (Å²) in [5.74, 6) is 0. The number of hydrogen-bond acceptors (Lipinski definition) is 5. The van der Waals surface area contributed by atoms with Gasteiger partial charge in [0.05, 0.1) is 4.92 Å². The average molecular weight is 368 g/mol. The smallest absolute Gasteiger partial charge is 0.314 e. The summed E-state index contributed by atoms with van der Waals surface area (Å²) >= 11 is 0.725.